The quantitative estimate of drug-likeness (QED) is 0.608. The first-order valence-corrected chi connectivity index (χ1v) is 11.7. The highest BCUT2D eigenvalue weighted by molar-refractivity contribution is 6.10. The molecule has 0 radical (unpaired) electrons. The zero-order valence-corrected chi connectivity index (χ0v) is 21.1. The number of carbonyl (C=O) groups is 1. The molecule has 172 valence electrons. The van der Waals surface area contributed by atoms with Crippen LogP contribution < -0.4 is 10.2 Å². The Bertz CT molecular complexity index is 1060. The average molecular weight is 435 g/mol. The van der Waals surface area contributed by atoms with Gasteiger partial charge in [-0.3, -0.25) is 9.89 Å². The number of aromatic amines is 1. The van der Waals surface area contributed by atoms with Gasteiger partial charge < -0.3 is 10.2 Å². The van der Waals surface area contributed by atoms with Crippen LogP contribution in [0.5, 0.6) is 0 Å². The number of allylic oxidation sites excluding steroid dienone is 1. The zero-order valence-electron chi connectivity index (χ0n) is 21.1. The van der Waals surface area contributed by atoms with Crippen molar-refractivity contribution < 1.29 is 4.79 Å². The number of H-pyrrole nitrogens is 1. The van der Waals surface area contributed by atoms with Crippen LogP contribution in [-0.4, -0.2) is 30.1 Å². The molecule has 0 bridgehead atoms. The number of carbonyl (C=O) groups excluding carboxylic acids is 1. The molecule has 0 spiro atoms. The molecular weight excluding hydrogens is 396 g/mol. The number of anilines is 2. The number of nitrogens with zero attached hydrogens (tertiary/aromatic N) is 2. The van der Waals surface area contributed by atoms with Crippen LogP contribution in [0.3, 0.4) is 0 Å². The Labute approximate surface area is 192 Å². The molecule has 2 aromatic rings. The second-order valence-electron chi connectivity index (χ2n) is 11.9. The SMILES string of the molecule is Cc1[nH]nc2c1C1=C(C(=O)[C@@H](C(C)(C)C)C[C@H]1C(C)(C)C)[C@H](c1ccc(N(C)C)cc1)N2. The summed E-state index contributed by atoms with van der Waals surface area (Å²) in [4.78, 5) is 16.2. The second kappa shape index (κ2) is 7.50. The van der Waals surface area contributed by atoms with Crippen molar-refractivity contribution in [1.82, 2.24) is 10.2 Å². The number of Topliss-reactive ketones (excluding diaryl/α,β-unsaturated/α-hetero) is 1. The minimum absolute atomic E-state index is 0.00965. The molecule has 1 aliphatic carbocycles. The van der Waals surface area contributed by atoms with E-state index in [-0.39, 0.29) is 34.5 Å². The maximum atomic E-state index is 14.1. The number of aryl methyl sites for hydroxylation is 1. The maximum Gasteiger partial charge on any atom is 0.165 e. The summed E-state index contributed by atoms with van der Waals surface area (Å²) < 4.78 is 0. The topological polar surface area (TPSA) is 61.0 Å². The first-order valence-electron chi connectivity index (χ1n) is 11.7. The van der Waals surface area contributed by atoms with Crippen molar-refractivity contribution in [3.63, 3.8) is 0 Å². The van der Waals surface area contributed by atoms with E-state index in [0.717, 1.165) is 40.3 Å². The summed E-state index contributed by atoms with van der Waals surface area (Å²) in [6.07, 6.45) is 0.876. The number of ketones is 1. The Kier molecular flexibility index (Phi) is 5.30. The Morgan fingerprint density at radius 3 is 2.06 bits per heavy atom. The fraction of sp³-hybridized carbons (Fsp3) is 0.556. The minimum Gasteiger partial charge on any atom is -0.378 e. The van der Waals surface area contributed by atoms with E-state index < -0.39 is 0 Å². The Morgan fingerprint density at radius 1 is 0.938 bits per heavy atom. The lowest BCUT2D eigenvalue weighted by molar-refractivity contribution is -0.124. The van der Waals surface area contributed by atoms with Crippen LogP contribution >= 0.6 is 0 Å². The summed E-state index contributed by atoms with van der Waals surface area (Å²) >= 11 is 0. The number of fused-ring (bicyclic) bond motifs is 2. The van der Waals surface area contributed by atoms with E-state index in [0.29, 0.717) is 0 Å². The molecule has 5 nitrogen and oxygen atoms in total. The number of rotatable bonds is 2. The number of hydrogen-bond acceptors (Lipinski definition) is 4. The third kappa shape index (κ3) is 3.66. The van der Waals surface area contributed by atoms with E-state index in [1.54, 1.807) is 0 Å². The number of benzene rings is 1. The van der Waals surface area contributed by atoms with E-state index in [1.807, 2.05) is 14.1 Å². The predicted octanol–water partition coefficient (Wildman–Crippen LogP) is 6.00. The van der Waals surface area contributed by atoms with Crippen LogP contribution in [-0.2, 0) is 4.79 Å². The fourth-order valence-corrected chi connectivity index (χ4v) is 5.40. The molecule has 0 fully saturated rings. The van der Waals surface area contributed by atoms with E-state index in [9.17, 15) is 4.79 Å². The van der Waals surface area contributed by atoms with Crippen LogP contribution in [0.2, 0.25) is 0 Å². The zero-order chi connectivity index (χ0) is 23.6. The first-order chi connectivity index (χ1) is 14.8. The van der Waals surface area contributed by atoms with Gasteiger partial charge in [-0.2, -0.15) is 5.10 Å². The van der Waals surface area contributed by atoms with Gasteiger partial charge in [0, 0.05) is 42.5 Å². The van der Waals surface area contributed by atoms with Gasteiger partial charge in [-0.25, -0.2) is 0 Å². The fourth-order valence-electron chi connectivity index (χ4n) is 5.40. The molecule has 32 heavy (non-hydrogen) atoms. The molecule has 1 aliphatic heterocycles. The number of hydrogen-bond donors (Lipinski definition) is 2. The van der Waals surface area contributed by atoms with Crippen molar-refractivity contribution in [2.75, 3.05) is 24.3 Å². The maximum absolute atomic E-state index is 14.1. The molecular formula is C27H38N4O. The van der Waals surface area contributed by atoms with Crippen LogP contribution in [0, 0.1) is 29.6 Å². The summed E-state index contributed by atoms with van der Waals surface area (Å²) in [5.74, 6) is 1.41. The van der Waals surface area contributed by atoms with Crippen molar-refractivity contribution in [3.8, 4) is 0 Å². The predicted molar refractivity (Wildman–Crippen MR) is 133 cm³/mol. The third-order valence-corrected chi connectivity index (χ3v) is 7.31. The van der Waals surface area contributed by atoms with E-state index in [1.165, 1.54) is 5.57 Å². The van der Waals surface area contributed by atoms with Gasteiger partial charge in [-0.1, -0.05) is 53.7 Å². The molecule has 3 atom stereocenters. The minimum atomic E-state index is -0.195. The number of aromatic nitrogens is 2. The van der Waals surface area contributed by atoms with Crippen LogP contribution in [0.4, 0.5) is 11.5 Å². The number of nitrogens with one attached hydrogen (secondary N) is 2. The average Bonchev–Trinajstić information content (AvgIpc) is 3.06. The van der Waals surface area contributed by atoms with Crippen molar-refractivity contribution in [2.45, 2.75) is 60.9 Å². The molecule has 2 aliphatic rings. The van der Waals surface area contributed by atoms with E-state index >= 15 is 0 Å². The summed E-state index contributed by atoms with van der Waals surface area (Å²) in [5, 5.41) is 11.4. The van der Waals surface area contributed by atoms with Crippen LogP contribution in [0.1, 0.15) is 70.8 Å². The van der Waals surface area contributed by atoms with Crippen molar-refractivity contribution in [1.29, 1.82) is 0 Å². The highest BCUT2D eigenvalue weighted by Gasteiger charge is 2.49. The van der Waals surface area contributed by atoms with Crippen molar-refractivity contribution in [2.24, 2.45) is 22.7 Å². The normalized spacial score (nSPS) is 23.5. The largest absolute Gasteiger partial charge is 0.378 e. The Hall–Kier alpha value is -2.56. The van der Waals surface area contributed by atoms with Gasteiger partial charge in [-0.05, 0) is 53.4 Å². The van der Waals surface area contributed by atoms with Gasteiger partial charge in [-0.15, -0.1) is 0 Å². The molecule has 0 amide bonds. The third-order valence-electron chi connectivity index (χ3n) is 7.31. The molecule has 2 heterocycles. The van der Waals surface area contributed by atoms with Crippen molar-refractivity contribution >= 4 is 22.9 Å². The molecule has 1 aromatic heterocycles. The summed E-state index contributed by atoms with van der Waals surface area (Å²) in [5.41, 5.74) is 6.44. The van der Waals surface area contributed by atoms with Gasteiger partial charge in [0.05, 0.1) is 6.04 Å². The molecule has 2 N–H and O–H groups in total. The van der Waals surface area contributed by atoms with Crippen LogP contribution in [0.15, 0.2) is 29.8 Å². The molecule has 0 saturated heterocycles. The highest BCUT2D eigenvalue weighted by Crippen LogP contribution is 2.56. The molecule has 1 aromatic carbocycles. The summed E-state index contributed by atoms with van der Waals surface area (Å²) in [7, 11) is 4.08. The molecule has 0 saturated carbocycles. The molecule has 4 rings (SSSR count). The Morgan fingerprint density at radius 2 is 1.53 bits per heavy atom. The van der Waals surface area contributed by atoms with Gasteiger partial charge in [0.25, 0.3) is 0 Å². The molecule has 0 unspecified atom stereocenters. The smallest absolute Gasteiger partial charge is 0.165 e. The standard InChI is InChI=1S/C27H38N4O/c1-15-20-21-18(26(2,3)4)14-19(27(5,6)7)24(32)22(21)23(28-25(20)30-29-15)16-10-12-17(13-11-16)31(8)9/h10-13,18-19,23H,14H2,1-9H3,(H2,28,29,30)/t18-,19+,23+/m1/s1. The first kappa shape index (κ1) is 22.6. The highest BCUT2D eigenvalue weighted by atomic mass is 16.1. The van der Waals surface area contributed by atoms with E-state index in [2.05, 4.69) is 93.1 Å². The molecule has 5 heteroatoms. The van der Waals surface area contributed by atoms with E-state index in [4.69, 9.17) is 0 Å². The summed E-state index contributed by atoms with van der Waals surface area (Å²) in [6.45, 7) is 15.6. The van der Waals surface area contributed by atoms with Crippen molar-refractivity contribution in [3.05, 3.63) is 46.7 Å². The van der Waals surface area contributed by atoms with Crippen LogP contribution in [0.25, 0.3) is 5.57 Å². The lowest BCUT2D eigenvalue weighted by Crippen LogP contribution is -2.43. The second-order valence-corrected chi connectivity index (χ2v) is 11.9. The van der Waals surface area contributed by atoms with Gasteiger partial charge >= 0.3 is 0 Å². The lowest BCUT2D eigenvalue weighted by atomic mass is 9.58. The monoisotopic (exact) mass is 434 g/mol. The van der Waals surface area contributed by atoms with Gasteiger partial charge in [0.1, 0.15) is 0 Å². The van der Waals surface area contributed by atoms with Gasteiger partial charge in [0.2, 0.25) is 0 Å². The Balaban J connectivity index is 1.97. The lowest BCUT2D eigenvalue weighted by Gasteiger charge is -2.47. The van der Waals surface area contributed by atoms with Gasteiger partial charge in [0.15, 0.2) is 11.6 Å². The summed E-state index contributed by atoms with van der Waals surface area (Å²) in [6, 6.07) is 8.33.